The molecule has 0 bridgehead atoms. The number of hydrogen-bond donors (Lipinski definition) is 3. The Bertz CT molecular complexity index is 849. The smallest absolute Gasteiger partial charge is 0.254 e. The standard InChI is InChI=1S/C24H35N7O/c1-3-14-30(15-4-2)16-13-25-17-20-5-7-21(8-6-20)24(32)31(18-22-26-9-10-27-22)19-23-28-11-12-29-23/h5-12,25H,3-4,13-19H2,1-2H3,(H,26,27)(H,28,29). The Kier molecular flexibility index (Phi) is 9.46. The number of rotatable bonds is 14. The molecule has 0 spiro atoms. The molecule has 0 unspecified atom stereocenters. The van der Waals surface area contributed by atoms with Gasteiger partial charge in [-0.1, -0.05) is 26.0 Å². The summed E-state index contributed by atoms with van der Waals surface area (Å²) in [6.45, 7) is 10.4. The maximum absolute atomic E-state index is 13.2. The highest BCUT2D eigenvalue weighted by Gasteiger charge is 2.18. The van der Waals surface area contributed by atoms with E-state index in [1.807, 2.05) is 24.3 Å². The van der Waals surface area contributed by atoms with Gasteiger partial charge in [0.05, 0.1) is 13.1 Å². The number of aromatic nitrogens is 4. The average molecular weight is 438 g/mol. The highest BCUT2D eigenvalue weighted by Crippen LogP contribution is 2.12. The summed E-state index contributed by atoms with van der Waals surface area (Å²) in [7, 11) is 0. The first-order valence-corrected chi connectivity index (χ1v) is 11.5. The quantitative estimate of drug-likeness (QED) is 0.337. The Morgan fingerprint density at radius 3 is 2.00 bits per heavy atom. The topological polar surface area (TPSA) is 92.9 Å². The van der Waals surface area contributed by atoms with E-state index in [4.69, 9.17) is 0 Å². The number of H-pyrrole nitrogens is 2. The van der Waals surface area contributed by atoms with E-state index in [0.717, 1.165) is 44.4 Å². The van der Waals surface area contributed by atoms with Crippen LogP contribution >= 0.6 is 0 Å². The lowest BCUT2D eigenvalue weighted by Gasteiger charge is -2.21. The molecular formula is C24H35N7O. The lowest BCUT2D eigenvalue weighted by molar-refractivity contribution is 0.0721. The molecule has 8 nitrogen and oxygen atoms in total. The zero-order chi connectivity index (χ0) is 22.6. The third kappa shape index (κ3) is 7.32. The number of carbonyl (C=O) groups is 1. The van der Waals surface area contributed by atoms with Gasteiger partial charge in [-0.3, -0.25) is 4.79 Å². The van der Waals surface area contributed by atoms with Gasteiger partial charge in [0, 0.05) is 50.0 Å². The molecule has 0 aliphatic rings. The third-order valence-electron chi connectivity index (χ3n) is 5.29. The van der Waals surface area contributed by atoms with Crippen molar-refractivity contribution in [2.24, 2.45) is 0 Å². The predicted octanol–water partition coefficient (Wildman–Crippen LogP) is 3.19. The minimum atomic E-state index is -0.0490. The van der Waals surface area contributed by atoms with Gasteiger partial charge < -0.3 is 25.1 Å². The normalized spacial score (nSPS) is 11.2. The molecule has 0 fully saturated rings. The summed E-state index contributed by atoms with van der Waals surface area (Å²) in [6.07, 6.45) is 9.28. The van der Waals surface area contributed by atoms with E-state index >= 15 is 0 Å². The van der Waals surface area contributed by atoms with Crippen molar-refractivity contribution in [2.75, 3.05) is 26.2 Å². The molecule has 172 valence electrons. The summed E-state index contributed by atoms with van der Waals surface area (Å²) < 4.78 is 0. The molecule has 0 saturated heterocycles. The molecule has 2 heterocycles. The number of nitrogens with zero attached hydrogens (tertiary/aromatic N) is 4. The highest BCUT2D eigenvalue weighted by molar-refractivity contribution is 5.94. The van der Waals surface area contributed by atoms with Crippen LogP contribution in [-0.4, -0.2) is 61.8 Å². The van der Waals surface area contributed by atoms with Crippen LogP contribution in [0.4, 0.5) is 0 Å². The maximum Gasteiger partial charge on any atom is 0.254 e. The van der Waals surface area contributed by atoms with E-state index in [1.54, 1.807) is 29.7 Å². The first-order valence-electron chi connectivity index (χ1n) is 11.5. The number of imidazole rings is 2. The molecule has 3 N–H and O–H groups in total. The van der Waals surface area contributed by atoms with E-state index in [2.05, 4.69) is 44.0 Å². The van der Waals surface area contributed by atoms with Crippen LogP contribution in [0.1, 0.15) is 54.3 Å². The number of amides is 1. The van der Waals surface area contributed by atoms with Crippen molar-refractivity contribution >= 4 is 5.91 Å². The van der Waals surface area contributed by atoms with E-state index in [9.17, 15) is 4.79 Å². The zero-order valence-corrected chi connectivity index (χ0v) is 19.2. The number of hydrogen-bond acceptors (Lipinski definition) is 5. The second-order valence-electron chi connectivity index (χ2n) is 7.95. The van der Waals surface area contributed by atoms with Gasteiger partial charge in [0.1, 0.15) is 11.6 Å². The van der Waals surface area contributed by atoms with Crippen LogP contribution in [0.2, 0.25) is 0 Å². The lowest BCUT2D eigenvalue weighted by atomic mass is 10.1. The first-order chi connectivity index (χ1) is 15.7. The number of benzene rings is 1. The molecule has 8 heteroatoms. The molecule has 32 heavy (non-hydrogen) atoms. The van der Waals surface area contributed by atoms with Crippen LogP contribution in [0.25, 0.3) is 0 Å². The Hall–Kier alpha value is -2.97. The van der Waals surface area contributed by atoms with Crippen molar-refractivity contribution in [2.45, 2.75) is 46.3 Å². The second-order valence-corrected chi connectivity index (χ2v) is 7.95. The average Bonchev–Trinajstić information content (AvgIpc) is 3.51. The molecular weight excluding hydrogens is 402 g/mol. The Labute approximate surface area is 190 Å². The second kappa shape index (κ2) is 12.8. The van der Waals surface area contributed by atoms with Crippen LogP contribution in [0, 0.1) is 0 Å². The molecule has 3 rings (SSSR count). The summed E-state index contributed by atoms with van der Waals surface area (Å²) in [5, 5.41) is 3.52. The van der Waals surface area contributed by atoms with Crippen LogP contribution in [0.15, 0.2) is 49.1 Å². The maximum atomic E-state index is 13.2. The lowest BCUT2D eigenvalue weighted by Crippen LogP contribution is -2.33. The number of carbonyl (C=O) groups excluding carboxylic acids is 1. The number of aromatic amines is 2. The van der Waals surface area contributed by atoms with Crippen LogP contribution in [-0.2, 0) is 19.6 Å². The summed E-state index contributed by atoms with van der Waals surface area (Å²) in [4.78, 5) is 32.1. The van der Waals surface area contributed by atoms with Crippen molar-refractivity contribution in [1.82, 2.24) is 35.1 Å². The van der Waals surface area contributed by atoms with E-state index in [0.29, 0.717) is 18.7 Å². The van der Waals surface area contributed by atoms with Gasteiger partial charge in [0.25, 0.3) is 5.91 Å². The van der Waals surface area contributed by atoms with Crippen LogP contribution in [0.5, 0.6) is 0 Å². The highest BCUT2D eigenvalue weighted by atomic mass is 16.2. The van der Waals surface area contributed by atoms with Gasteiger partial charge >= 0.3 is 0 Å². The fourth-order valence-electron chi connectivity index (χ4n) is 3.72. The fourth-order valence-corrected chi connectivity index (χ4v) is 3.72. The Morgan fingerprint density at radius 1 is 0.906 bits per heavy atom. The number of nitrogens with one attached hydrogen (secondary N) is 3. The Morgan fingerprint density at radius 2 is 1.50 bits per heavy atom. The first kappa shape index (κ1) is 23.7. The molecule has 0 aliphatic heterocycles. The van der Waals surface area contributed by atoms with Gasteiger partial charge in [-0.25, -0.2) is 9.97 Å². The van der Waals surface area contributed by atoms with Gasteiger partial charge in [-0.15, -0.1) is 0 Å². The van der Waals surface area contributed by atoms with Crippen molar-refractivity contribution in [3.63, 3.8) is 0 Å². The van der Waals surface area contributed by atoms with Crippen molar-refractivity contribution < 1.29 is 4.79 Å². The molecule has 2 aromatic heterocycles. The van der Waals surface area contributed by atoms with Crippen LogP contribution in [0.3, 0.4) is 0 Å². The minimum absolute atomic E-state index is 0.0490. The molecule has 0 radical (unpaired) electrons. The SMILES string of the molecule is CCCN(CCC)CCNCc1ccc(C(=O)N(Cc2ncc[nH]2)Cc2ncc[nH]2)cc1. The van der Waals surface area contributed by atoms with Crippen LogP contribution < -0.4 is 5.32 Å². The molecule has 3 aromatic rings. The van der Waals surface area contributed by atoms with Crippen molar-refractivity contribution in [1.29, 1.82) is 0 Å². The summed E-state index contributed by atoms with van der Waals surface area (Å²) in [6, 6.07) is 7.84. The third-order valence-corrected chi connectivity index (χ3v) is 5.29. The van der Waals surface area contributed by atoms with E-state index in [1.165, 1.54) is 18.4 Å². The summed E-state index contributed by atoms with van der Waals surface area (Å²) in [5.74, 6) is 1.43. The monoisotopic (exact) mass is 437 g/mol. The largest absolute Gasteiger partial charge is 0.347 e. The van der Waals surface area contributed by atoms with Crippen molar-refractivity contribution in [3.8, 4) is 0 Å². The Balaban J connectivity index is 1.54. The van der Waals surface area contributed by atoms with Crippen molar-refractivity contribution in [3.05, 3.63) is 71.8 Å². The van der Waals surface area contributed by atoms with Gasteiger partial charge in [0.15, 0.2) is 0 Å². The summed E-state index contributed by atoms with van der Waals surface area (Å²) in [5.41, 5.74) is 1.83. The molecule has 1 amide bonds. The molecule has 0 aliphatic carbocycles. The van der Waals surface area contributed by atoms with E-state index < -0.39 is 0 Å². The van der Waals surface area contributed by atoms with Gasteiger partial charge in [-0.2, -0.15) is 0 Å². The molecule has 0 atom stereocenters. The predicted molar refractivity (Wildman–Crippen MR) is 126 cm³/mol. The van der Waals surface area contributed by atoms with E-state index in [-0.39, 0.29) is 5.91 Å². The van der Waals surface area contributed by atoms with Gasteiger partial charge in [-0.05, 0) is 43.6 Å². The minimum Gasteiger partial charge on any atom is -0.347 e. The fraction of sp³-hybridized carbons (Fsp3) is 0.458. The zero-order valence-electron chi connectivity index (χ0n) is 19.2. The van der Waals surface area contributed by atoms with Gasteiger partial charge in [0.2, 0.25) is 0 Å². The molecule has 1 aromatic carbocycles. The summed E-state index contributed by atoms with van der Waals surface area (Å²) >= 11 is 0. The molecule has 0 saturated carbocycles.